The van der Waals surface area contributed by atoms with Gasteiger partial charge in [-0.3, -0.25) is 9.59 Å². The lowest BCUT2D eigenvalue weighted by Crippen LogP contribution is -2.13. The van der Waals surface area contributed by atoms with Crippen LogP contribution in [0.3, 0.4) is 0 Å². The van der Waals surface area contributed by atoms with Crippen molar-refractivity contribution < 1.29 is 14.7 Å². The molecule has 0 spiro atoms. The quantitative estimate of drug-likeness (QED) is 0.650. The number of nitrogens with one attached hydrogen (secondary N) is 1. The lowest BCUT2D eigenvalue weighted by Gasteiger charge is -2.08. The molecule has 1 amide bonds. The number of phenols is 1. The minimum Gasteiger partial charge on any atom is -0.506 e. The fourth-order valence-electron chi connectivity index (χ4n) is 3.08. The van der Waals surface area contributed by atoms with Gasteiger partial charge in [-0.15, -0.1) is 0 Å². The molecule has 0 saturated heterocycles. The molecule has 0 fully saturated rings. The summed E-state index contributed by atoms with van der Waals surface area (Å²) in [6.45, 7) is 1.86. The number of hydrogen-bond acceptors (Lipinski definition) is 3. The SMILES string of the molecule is Cc1ccc(NC(=O)CCC(=O)c2ccc3c(c2)CCC3)c(O)c1. The summed E-state index contributed by atoms with van der Waals surface area (Å²) >= 11 is 0. The van der Waals surface area contributed by atoms with Crippen LogP contribution < -0.4 is 5.32 Å². The number of hydrogen-bond donors (Lipinski definition) is 2. The highest BCUT2D eigenvalue weighted by Gasteiger charge is 2.15. The third kappa shape index (κ3) is 3.65. The molecule has 4 heteroatoms. The standard InChI is InChI=1S/C20H21NO3/c1-13-5-8-17(19(23)11-13)21-20(24)10-9-18(22)16-7-6-14-3-2-4-15(14)12-16/h5-8,11-12,23H,2-4,9-10H2,1H3,(H,21,24). The molecule has 1 aliphatic carbocycles. The summed E-state index contributed by atoms with van der Waals surface area (Å²) in [6, 6.07) is 10.9. The van der Waals surface area contributed by atoms with Gasteiger partial charge >= 0.3 is 0 Å². The molecule has 0 radical (unpaired) electrons. The van der Waals surface area contributed by atoms with E-state index < -0.39 is 0 Å². The summed E-state index contributed by atoms with van der Waals surface area (Å²) < 4.78 is 0. The number of aryl methyl sites for hydroxylation is 3. The molecule has 4 nitrogen and oxygen atoms in total. The molecule has 2 aromatic carbocycles. The van der Waals surface area contributed by atoms with Gasteiger partial charge in [0.2, 0.25) is 5.91 Å². The number of carbonyl (C=O) groups is 2. The molecule has 0 aromatic heterocycles. The maximum absolute atomic E-state index is 12.3. The molecule has 2 N–H and O–H groups in total. The second-order valence-electron chi connectivity index (χ2n) is 6.33. The fraction of sp³-hybridized carbons (Fsp3) is 0.300. The van der Waals surface area contributed by atoms with Crippen molar-refractivity contribution in [1.82, 2.24) is 0 Å². The van der Waals surface area contributed by atoms with Gasteiger partial charge in [-0.2, -0.15) is 0 Å². The zero-order valence-corrected chi connectivity index (χ0v) is 13.8. The number of amides is 1. The third-order valence-electron chi connectivity index (χ3n) is 4.43. The highest BCUT2D eigenvalue weighted by Crippen LogP contribution is 2.25. The molecule has 2 aromatic rings. The van der Waals surface area contributed by atoms with Crippen LogP contribution in [0.4, 0.5) is 5.69 Å². The van der Waals surface area contributed by atoms with Crippen molar-refractivity contribution in [3.63, 3.8) is 0 Å². The number of fused-ring (bicyclic) bond motifs is 1. The van der Waals surface area contributed by atoms with Crippen LogP contribution in [0, 0.1) is 6.92 Å². The molecule has 24 heavy (non-hydrogen) atoms. The number of phenolic OH excluding ortho intramolecular Hbond substituents is 1. The molecule has 0 unspecified atom stereocenters. The summed E-state index contributed by atoms with van der Waals surface area (Å²) in [6.07, 6.45) is 3.53. The predicted molar refractivity (Wildman–Crippen MR) is 93.5 cm³/mol. The van der Waals surface area contributed by atoms with Crippen molar-refractivity contribution in [2.24, 2.45) is 0 Å². The van der Waals surface area contributed by atoms with Gasteiger partial charge in [0, 0.05) is 18.4 Å². The Morgan fingerprint density at radius 3 is 2.62 bits per heavy atom. The van der Waals surface area contributed by atoms with Crippen molar-refractivity contribution in [2.75, 3.05) is 5.32 Å². The lowest BCUT2D eigenvalue weighted by atomic mass is 10.0. The molecule has 0 aliphatic heterocycles. The molecule has 0 bridgehead atoms. The minimum absolute atomic E-state index is 0.0204. The first-order valence-corrected chi connectivity index (χ1v) is 8.27. The first-order chi connectivity index (χ1) is 11.5. The Kier molecular flexibility index (Phi) is 4.65. The van der Waals surface area contributed by atoms with E-state index in [-0.39, 0.29) is 30.3 Å². The maximum Gasteiger partial charge on any atom is 0.224 e. The molecular weight excluding hydrogens is 302 g/mol. The normalized spacial score (nSPS) is 12.7. The van der Waals surface area contributed by atoms with Crippen LogP contribution in [0.5, 0.6) is 5.75 Å². The van der Waals surface area contributed by atoms with Gasteiger partial charge in [-0.1, -0.05) is 18.2 Å². The van der Waals surface area contributed by atoms with Gasteiger partial charge in [-0.25, -0.2) is 0 Å². The van der Waals surface area contributed by atoms with E-state index in [1.807, 2.05) is 31.2 Å². The topological polar surface area (TPSA) is 66.4 Å². The van der Waals surface area contributed by atoms with Crippen molar-refractivity contribution in [2.45, 2.75) is 39.0 Å². The minimum atomic E-state index is -0.274. The van der Waals surface area contributed by atoms with Crippen LogP contribution in [0.1, 0.15) is 46.3 Å². The van der Waals surface area contributed by atoms with Gasteiger partial charge in [0.05, 0.1) is 5.69 Å². The molecule has 124 valence electrons. The van der Waals surface area contributed by atoms with Crippen LogP contribution in [0.15, 0.2) is 36.4 Å². The Hall–Kier alpha value is -2.62. The van der Waals surface area contributed by atoms with Crippen molar-refractivity contribution in [3.8, 4) is 5.75 Å². The number of benzene rings is 2. The molecule has 0 atom stereocenters. The van der Waals surface area contributed by atoms with Crippen LogP contribution >= 0.6 is 0 Å². The van der Waals surface area contributed by atoms with E-state index >= 15 is 0 Å². The molecule has 3 rings (SSSR count). The van der Waals surface area contributed by atoms with Gasteiger partial charge in [0.15, 0.2) is 5.78 Å². The van der Waals surface area contributed by atoms with Crippen molar-refractivity contribution in [3.05, 3.63) is 58.7 Å². The summed E-state index contributed by atoms with van der Waals surface area (Å²) in [5.41, 5.74) is 4.56. The molecule has 0 heterocycles. The Labute approximate surface area is 141 Å². The summed E-state index contributed by atoms with van der Waals surface area (Å²) in [7, 11) is 0. The highest BCUT2D eigenvalue weighted by atomic mass is 16.3. The fourth-order valence-corrected chi connectivity index (χ4v) is 3.08. The second kappa shape index (κ2) is 6.87. The molecule has 0 saturated carbocycles. The van der Waals surface area contributed by atoms with Gasteiger partial charge < -0.3 is 10.4 Å². The molecule has 1 aliphatic rings. The van der Waals surface area contributed by atoms with Crippen LogP contribution in [0.25, 0.3) is 0 Å². The molecular formula is C20H21NO3. The average Bonchev–Trinajstić information content (AvgIpc) is 3.03. The van der Waals surface area contributed by atoms with E-state index in [1.54, 1.807) is 12.1 Å². The Morgan fingerprint density at radius 1 is 1.04 bits per heavy atom. The summed E-state index contributed by atoms with van der Waals surface area (Å²) in [4.78, 5) is 24.3. The number of rotatable bonds is 5. The summed E-state index contributed by atoms with van der Waals surface area (Å²) in [5.74, 6) is -0.259. The number of anilines is 1. The van der Waals surface area contributed by atoms with E-state index in [2.05, 4.69) is 5.32 Å². The van der Waals surface area contributed by atoms with E-state index in [4.69, 9.17) is 0 Å². The highest BCUT2D eigenvalue weighted by molar-refractivity contribution is 6.00. The van der Waals surface area contributed by atoms with Crippen LogP contribution in [0.2, 0.25) is 0 Å². The number of aromatic hydroxyl groups is 1. The van der Waals surface area contributed by atoms with E-state index in [1.165, 1.54) is 11.1 Å². The monoisotopic (exact) mass is 323 g/mol. The zero-order valence-electron chi connectivity index (χ0n) is 13.8. The third-order valence-corrected chi connectivity index (χ3v) is 4.43. The van der Waals surface area contributed by atoms with Crippen LogP contribution in [-0.2, 0) is 17.6 Å². The largest absolute Gasteiger partial charge is 0.506 e. The van der Waals surface area contributed by atoms with Gasteiger partial charge in [0.1, 0.15) is 5.75 Å². The average molecular weight is 323 g/mol. The maximum atomic E-state index is 12.3. The van der Waals surface area contributed by atoms with Gasteiger partial charge in [-0.05, 0) is 61.1 Å². The lowest BCUT2D eigenvalue weighted by molar-refractivity contribution is -0.116. The second-order valence-corrected chi connectivity index (χ2v) is 6.33. The first-order valence-electron chi connectivity index (χ1n) is 8.27. The number of carbonyl (C=O) groups excluding carboxylic acids is 2. The first kappa shape index (κ1) is 16.2. The number of Topliss-reactive ketones (excluding diaryl/α,β-unsaturated/α-hetero) is 1. The van der Waals surface area contributed by atoms with Crippen molar-refractivity contribution >= 4 is 17.4 Å². The Bertz CT molecular complexity index is 795. The smallest absolute Gasteiger partial charge is 0.224 e. The predicted octanol–water partition coefficient (Wildman–Crippen LogP) is 3.79. The van der Waals surface area contributed by atoms with E-state index in [9.17, 15) is 14.7 Å². The van der Waals surface area contributed by atoms with E-state index in [0.29, 0.717) is 11.3 Å². The Balaban J connectivity index is 1.57. The van der Waals surface area contributed by atoms with Gasteiger partial charge in [0.25, 0.3) is 0 Å². The summed E-state index contributed by atoms with van der Waals surface area (Å²) in [5, 5.41) is 12.4. The van der Waals surface area contributed by atoms with E-state index in [0.717, 1.165) is 24.8 Å². The number of ketones is 1. The van der Waals surface area contributed by atoms with Crippen molar-refractivity contribution in [1.29, 1.82) is 0 Å². The van der Waals surface area contributed by atoms with Crippen LogP contribution in [-0.4, -0.2) is 16.8 Å². The Morgan fingerprint density at radius 2 is 1.83 bits per heavy atom. The zero-order chi connectivity index (χ0) is 17.1.